The van der Waals surface area contributed by atoms with Crippen LogP contribution < -0.4 is 5.32 Å². The Bertz CT molecular complexity index is 552. The molecule has 0 radical (unpaired) electrons. The Hall–Kier alpha value is -1.55. The minimum Gasteiger partial charge on any atom is -0.445 e. The summed E-state index contributed by atoms with van der Waals surface area (Å²) in [5, 5.41) is 2.86. The number of hydrogen-bond donors (Lipinski definition) is 1. The van der Waals surface area contributed by atoms with Gasteiger partial charge in [0.1, 0.15) is 6.10 Å². The van der Waals surface area contributed by atoms with Crippen LogP contribution >= 0.6 is 0 Å². The average molecular weight is 403 g/mol. The minimum absolute atomic E-state index is 0.0886. The normalized spacial score (nSPS) is 15.8. The summed E-state index contributed by atoms with van der Waals surface area (Å²) in [6, 6.07) is 8.20. The maximum atomic E-state index is 12.1. The quantitative estimate of drug-likeness (QED) is 0.369. The van der Waals surface area contributed by atoms with Gasteiger partial charge in [-0.3, -0.25) is 10.2 Å². The van der Waals surface area contributed by atoms with Crippen molar-refractivity contribution in [2.75, 3.05) is 25.0 Å². The van der Waals surface area contributed by atoms with Gasteiger partial charge in [0.05, 0.1) is 0 Å². The molecule has 1 aromatic rings. The second-order valence-electron chi connectivity index (χ2n) is 8.62. The van der Waals surface area contributed by atoms with Crippen LogP contribution in [0.1, 0.15) is 90.0 Å². The Labute approximate surface area is 178 Å². The zero-order valence-electron chi connectivity index (χ0n) is 18.8. The van der Waals surface area contributed by atoms with Crippen LogP contribution in [0.25, 0.3) is 0 Å². The van der Waals surface area contributed by atoms with Crippen molar-refractivity contribution < 1.29 is 9.53 Å². The smallest absolute Gasteiger partial charge is 0.411 e. The lowest BCUT2D eigenvalue weighted by Crippen LogP contribution is -2.37. The Morgan fingerprint density at radius 3 is 2.24 bits per heavy atom. The minimum atomic E-state index is -0.356. The first-order valence-corrected chi connectivity index (χ1v) is 12.0. The molecule has 1 amide bonds. The maximum absolute atomic E-state index is 12.1. The molecule has 1 aliphatic heterocycles. The number of nitrogens with one attached hydrogen (secondary N) is 1. The van der Waals surface area contributed by atoms with Crippen LogP contribution in [0.3, 0.4) is 0 Å². The van der Waals surface area contributed by atoms with Crippen LogP contribution in [0.15, 0.2) is 24.3 Å². The van der Waals surface area contributed by atoms with Gasteiger partial charge in [0.2, 0.25) is 0 Å². The standard InChI is InChI=1S/C25H42N2O2/c1-3-4-5-6-7-8-9-11-14-23-15-17-24(18-16-23)26-25(28)29-22(2)21-27-19-12-10-13-20-27/h15-18,22H,3-14,19-21H2,1-2H3,(H,26,28)/t22-/m0/s1. The summed E-state index contributed by atoms with van der Waals surface area (Å²) in [6.45, 7) is 7.30. The van der Waals surface area contributed by atoms with E-state index in [1.165, 1.54) is 76.2 Å². The zero-order chi connectivity index (χ0) is 20.7. The van der Waals surface area contributed by atoms with E-state index in [1.54, 1.807) is 0 Å². The van der Waals surface area contributed by atoms with E-state index < -0.39 is 0 Å². The molecule has 0 aliphatic carbocycles. The summed E-state index contributed by atoms with van der Waals surface area (Å²) in [4.78, 5) is 14.5. The molecule has 0 unspecified atom stereocenters. The lowest BCUT2D eigenvalue weighted by Gasteiger charge is -2.28. The van der Waals surface area contributed by atoms with E-state index in [0.29, 0.717) is 0 Å². The van der Waals surface area contributed by atoms with Gasteiger partial charge in [-0.05, 0) is 63.4 Å². The van der Waals surface area contributed by atoms with Gasteiger partial charge < -0.3 is 4.74 Å². The molecule has 4 nitrogen and oxygen atoms in total. The molecular weight excluding hydrogens is 360 g/mol. The molecule has 0 spiro atoms. The summed E-state index contributed by atoms with van der Waals surface area (Å²) in [7, 11) is 0. The van der Waals surface area contributed by atoms with Gasteiger partial charge in [0.15, 0.2) is 0 Å². The van der Waals surface area contributed by atoms with Crippen LogP contribution in [0.5, 0.6) is 0 Å². The highest BCUT2D eigenvalue weighted by Gasteiger charge is 2.16. The van der Waals surface area contributed by atoms with Gasteiger partial charge in [-0.15, -0.1) is 0 Å². The summed E-state index contributed by atoms with van der Waals surface area (Å²) >= 11 is 0. The number of hydrogen-bond acceptors (Lipinski definition) is 3. The van der Waals surface area contributed by atoms with Crippen LogP contribution in [-0.4, -0.2) is 36.7 Å². The molecule has 1 N–H and O–H groups in total. The van der Waals surface area contributed by atoms with Gasteiger partial charge in [-0.2, -0.15) is 0 Å². The molecule has 1 fully saturated rings. The Morgan fingerprint density at radius 2 is 1.59 bits per heavy atom. The number of piperidine rings is 1. The Morgan fingerprint density at radius 1 is 0.966 bits per heavy atom. The summed E-state index contributed by atoms with van der Waals surface area (Å²) in [5.74, 6) is 0. The third-order valence-corrected chi connectivity index (χ3v) is 5.79. The fourth-order valence-electron chi connectivity index (χ4n) is 4.09. The molecule has 1 saturated heterocycles. The molecule has 1 aromatic carbocycles. The number of carbonyl (C=O) groups excluding carboxylic acids is 1. The molecular formula is C25H42N2O2. The van der Waals surface area contributed by atoms with Crippen molar-refractivity contribution in [2.45, 2.75) is 97.0 Å². The molecule has 164 valence electrons. The molecule has 29 heavy (non-hydrogen) atoms. The van der Waals surface area contributed by atoms with Crippen molar-refractivity contribution in [3.8, 4) is 0 Å². The Kier molecular flexibility index (Phi) is 11.8. The van der Waals surface area contributed by atoms with Crippen molar-refractivity contribution in [1.82, 2.24) is 4.90 Å². The van der Waals surface area contributed by atoms with E-state index in [9.17, 15) is 4.79 Å². The third-order valence-electron chi connectivity index (χ3n) is 5.79. The predicted octanol–water partition coefficient (Wildman–Crippen LogP) is 6.79. The molecule has 1 atom stereocenters. The zero-order valence-corrected chi connectivity index (χ0v) is 18.8. The van der Waals surface area contributed by atoms with Crippen LogP contribution in [0.4, 0.5) is 10.5 Å². The highest BCUT2D eigenvalue weighted by molar-refractivity contribution is 5.84. The molecule has 0 aromatic heterocycles. The number of carbonyl (C=O) groups is 1. The van der Waals surface area contributed by atoms with Gasteiger partial charge in [0, 0.05) is 12.2 Å². The first-order valence-electron chi connectivity index (χ1n) is 12.0. The van der Waals surface area contributed by atoms with Crippen LogP contribution in [0, 0.1) is 0 Å². The van der Waals surface area contributed by atoms with Gasteiger partial charge in [0.25, 0.3) is 0 Å². The highest BCUT2D eigenvalue weighted by Crippen LogP contribution is 2.15. The first-order chi connectivity index (χ1) is 14.2. The fourth-order valence-corrected chi connectivity index (χ4v) is 4.09. The number of amides is 1. The summed E-state index contributed by atoms with van der Waals surface area (Å²) in [5.41, 5.74) is 2.15. The first kappa shape index (κ1) is 23.7. The second-order valence-corrected chi connectivity index (χ2v) is 8.62. The SMILES string of the molecule is CCCCCCCCCCc1ccc(NC(=O)O[C@@H](C)CN2CCCCC2)cc1. The average Bonchev–Trinajstić information content (AvgIpc) is 2.71. The number of anilines is 1. The van der Waals surface area contributed by atoms with Crippen molar-refractivity contribution in [3.05, 3.63) is 29.8 Å². The monoisotopic (exact) mass is 402 g/mol. The van der Waals surface area contributed by atoms with E-state index in [1.807, 2.05) is 19.1 Å². The predicted molar refractivity (Wildman–Crippen MR) is 123 cm³/mol. The maximum Gasteiger partial charge on any atom is 0.411 e. The molecule has 0 saturated carbocycles. The highest BCUT2D eigenvalue weighted by atomic mass is 16.6. The summed E-state index contributed by atoms with van der Waals surface area (Å²) in [6.07, 6.45) is 15.3. The number of nitrogens with zero attached hydrogens (tertiary/aromatic N) is 1. The molecule has 4 heteroatoms. The fraction of sp³-hybridized carbons (Fsp3) is 0.720. The van der Waals surface area contributed by atoms with Gasteiger partial charge >= 0.3 is 6.09 Å². The van der Waals surface area contributed by atoms with E-state index >= 15 is 0 Å². The van der Waals surface area contributed by atoms with Crippen molar-refractivity contribution >= 4 is 11.8 Å². The lowest BCUT2D eigenvalue weighted by molar-refractivity contribution is 0.0833. The molecule has 1 aliphatic rings. The largest absolute Gasteiger partial charge is 0.445 e. The van der Waals surface area contributed by atoms with E-state index in [0.717, 1.165) is 31.7 Å². The molecule has 1 heterocycles. The van der Waals surface area contributed by atoms with E-state index in [-0.39, 0.29) is 12.2 Å². The third kappa shape index (κ3) is 10.7. The van der Waals surface area contributed by atoms with Crippen molar-refractivity contribution in [2.24, 2.45) is 0 Å². The van der Waals surface area contributed by atoms with Crippen molar-refractivity contribution in [1.29, 1.82) is 0 Å². The number of unbranched alkanes of at least 4 members (excludes halogenated alkanes) is 7. The van der Waals surface area contributed by atoms with E-state index in [4.69, 9.17) is 4.74 Å². The Balaban J connectivity index is 1.58. The number of rotatable bonds is 13. The van der Waals surface area contributed by atoms with Crippen LogP contribution in [-0.2, 0) is 11.2 Å². The number of aryl methyl sites for hydroxylation is 1. The number of ether oxygens (including phenoxy) is 1. The van der Waals surface area contributed by atoms with E-state index in [2.05, 4.69) is 29.3 Å². The van der Waals surface area contributed by atoms with Gasteiger partial charge in [-0.1, -0.05) is 70.4 Å². The molecule has 0 bridgehead atoms. The van der Waals surface area contributed by atoms with Crippen molar-refractivity contribution in [3.63, 3.8) is 0 Å². The number of likely N-dealkylation sites (tertiary alicyclic amines) is 1. The second kappa shape index (κ2) is 14.4. The molecule has 2 rings (SSSR count). The number of benzene rings is 1. The topological polar surface area (TPSA) is 41.6 Å². The summed E-state index contributed by atoms with van der Waals surface area (Å²) < 4.78 is 5.52. The van der Waals surface area contributed by atoms with Crippen LogP contribution in [0.2, 0.25) is 0 Å². The van der Waals surface area contributed by atoms with Gasteiger partial charge in [-0.25, -0.2) is 4.79 Å². The lowest BCUT2D eigenvalue weighted by atomic mass is 10.0.